The summed E-state index contributed by atoms with van der Waals surface area (Å²) in [7, 11) is 0. The van der Waals surface area contributed by atoms with E-state index in [1.807, 2.05) is 0 Å². The molecule has 0 radical (unpaired) electrons. The largest absolute Gasteiger partial charge is 0.461 e. The lowest BCUT2D eigenvalue weighted by Crippen LogP contribution is -2.43. The van der Waals surface area contributed by atoms with E-state index in [0.717, 1.165) is 19.4 Å². The van der Waals surface area contributed by atoms with Crippen LogP contribution < -0.4 is 4.74 Å². The third-order valence-corrected chi connectivity index (χ3v) is 4.77. The molecule has 1 aromatic heterocycles. The van der Waals surface area contributed by atoms with Crippen molar-refractivity contribution in [3.8, 4) is 6.01 Å². The number of fused-ring (bicyclic) bond motifs is 2. The highest BCUT2D eigenvalue weighted by Crippen LogP contribution is 2.40. The van der Waals surface area contributed by atoms with Crippen LogP contribution in [0.25, 0.3) is 10.9 Å². The van der Waals surface area contributed by atoms with E-state index in [-0.39, 0.29) is 17.1 Å². The van der Waals surface area contributed by atoms with Crippen molar-refractivity contribution >= 4 is 10.9 Å². The number of hydrogen-bond donors (Lipinski definition) is 0. The number of halogens is 2. The van der Waals surface area contributed by atoms with E-state index in [1.54, 1.807) is 18.3 Å². The van der Waals surface area contributed by atoms with Gasteiger partial charge in [-0.2, -0.15) is 4.98 Å². The Bertz CT molecular complexity index is 711. The lowest BCUT2D eigenvalue weighted by molar-refractivity contribution is 0.107. The summed E-state index contributed by atoms with van der Waals surface area (Å²) in [4.78, 5) is 10.4. The molecule has 0 saturated carbocycles. The Hall–Kier alpha value is -1.82. The Morgan fingerprint density at radius 3 is 3.23 bits per heavy atom. The Balaban J connectivity index is 1.55. The van der Waals surface area contributed by atoms with E-state index >= 15 is 0 Å². The van der Waals surface area contributed by atoms with Crippen LogP contribution in [0.3, 0.4) is 0 Å². The topological polar surface area (TPSA) is 38.2 Å². The maximum Gasteiger partial charge on any atom is 0.317 e. The van der Waals surface area contributed by atoms with Gasteiger partial charge in [0.25, 0.3) is 0 Å². The number of alkyl halides is 1. The smallest absolute Gasteiger partial charge is 0.317 e. The molecule has 2 aromatic rings. The summed E-state index contributed by atoms with van der Waals surface area (Å²) >= 11 is 0. The van der Waals surface area contributed by atoms with Crippen LogP contribution in [-0.4, -0.2) is 46.3 Å². The zero-order chi connectivity index (χ0) is 15.2. The number of nitrogens with zero attached hydrogens (tertiary/aromatic N) is 3. The molecular weight excluding hydrogens is 288 g/mol. The van der Waals surface area contributed by atoms with Crippen molar-refractivity contribution in [1.82, 2.24) is 14.9 Å². The van der Waals surface area contributed by atoms with Gasteiger partial charge in [0.1, 0.15) is 24.1 Å². The van der Waals surface area contributed by atoms with Crippen molar-refractivity contribution in [2.75, 3.05) is 19.7 Å². The molecule has 0 unspecified atom stereocenters. The Labute approximate surface area is 127 Å². The molecule has 3 heterocycles. The molecule has 4 nitrogen and oxygen atoms in total. The first-order valence-electron chi connectivity index (χ1n) is 7.59. The third kappa shape index (κ3) is 2.22. The molecule has 0 amide bonds. The molecule has 0 spiro atoms. The monoisotopic (exact) mass is 305 g/mol. The SMILES string of the molecule is Fc1cccc2cnc(OC[C@@]34CCCN3C[C@H](F)C4)nc12. The van der Waals surface area contributed by atoms with Crippen LogP contribution in [0.1, 0.15) is 19.3 Å². The summed E-state index contributed by atoms with van der Waals surface area (Å²) in [6.45, 7) is 1.75. The van der Waals surface area contributed by atoms with Crippen molar-refractivity contribution < 1.29 is 13.5 Å². The van der Waals surface area contributed by atoms with E-state index in [4.69, 9.17) is 4.74 Å². The third-order valence-electron chi connectivity index (χ3n) is 4.77. The molecule has 0 bridgehead atoms. The summed E-state index contributed by atoms with van der Waals surface area (Å²) in [6, 6.07) is 4.89. The fourth-order valence-electron chi connectivity index (χ4n) is 3.72. The number of ether oxygens (including phenoxy) is 1. The molecule has 2 aliphatic heterocycles. The molecule has 2 aliphatic rings. The first kappa shape index (κ1) is 13.8. The molecule has 2 atom stereocenters. The highest BCUT2D eigenvalue weighted by atomic mass is 19.1. The minimum absolute atomic E-state index is 0.154. The van der Waals surface area contributed by atoms with Gasteiger partial charge in [-0.05, 0) is 25.5 Å². The minimum atomic E-state index is -0.793. The highest BCUT2D eigenvalue weighted by molar-refractivity contribution is 5.78. The second-order valence-electron chi connectivity index (χ2n) is 6.19. The van der Waals surface area contributed by atoms with E-state index in [1.165, 1.54) is 6.07 Å². The predicted molar refractivity (Wildman–Crippen MR) is 78.0 cm³/mol. The summed E-state index contributed by atoms with van der Waals surface area (Å²) in [6.07, 6.45) is 3.24. The van der Waals surface area contributed by atoms with Crippen molar-refractivity contribution in [2.45, 2.75) is 31.0 Å². The van der Waals surface area contributed by atoms with Gasteiger partial charge in [-0.25, -0.2) is 13.8 Å². The van der Waals surface area contributed by atoms with E-state index in [0.29, 0.717) is 25.0 Å². The van der Waals surface area contributed by atoms with E-state index < -0.39 is 12.0 Å². The van der Waals surface area contributed by atoms with Crippen molar-refractivity contribution in [2.24, 2.45) is 0 Å². The fourth-order valence-corrected chi connectivity index (χ4v) is 3.72. The van der Waals surface area contributed by atoms with Gasteiger partial charge in [-0.1, -0.05) is 12.1 Å². The molecule has 4 rings (SSSR count). The normalized spacial score (nSPS) is 28.2. The molecule has 6 heteroatoms. The van der Waals surface area contributed by atoms with Crippen LogP contribution in [0.2, 0.25) is 0 Å². The summed E-state index contributed by atoms with van der Waals surface area (Å²) < 4.78 is 33.2. The number of hydrogen-bond acceptors (Lipinski definition) is 4. The van der Waals surface area contributed by atoms with Crippen molar-refractivity contribution in [1.29, 1.82) is 0 Å². The van der Waals surface area contributed by atoms with E-state index in [2.05, 4.69) is 14.9 Å². The Kier molecular flexibility index (Phi) is 3.22. The first-order chi connectivity index (χ1) is 10.7. The van der Waals surface area contributed by atoms with Gasteiger partial charge in [-0.3, -0.25) is 4.90 Å². The fraction of sp³-hybridized carbons (Fsp3) is 0.500. The van der Waals surface area contributed by atoms with Crippen LogP contribution in [0.4, 0.5) is 8.78 Å². The molecule has 2 saturated heterocycles. The van der Waals surface area contributed by atoms with E-state index in [9.17, 15) is 8.78 Å². The first-order valence-corrected chi connectivity index (χ1v) is 7.59. The van der Waals surface area contributed by atoms with Crippen LogP contribution in [0.5, 0.6) is 6.01 Å². The minimum Gasteiger partial charge on any atom is -0.461 e. The van der Waals surface area contributed by atoms with Crippen molar-refractivity contribution in [3.05, 3.63) is 30.2 Å². The molecule has 0 N–H and O–H groups in total. The average Bonchev–Trinajstić information content (AvgIpc) is 3.01. The Morgan fingerprint density at radius 1 is 1.41 bits per heavy atom. The van der Waals surface area contributed by atoms with Gasteiger partial charge in [0.05, 0.1) is 5.54 Å². The molecule has 22 heavy (non-hydrogen) atoms. The maximum atomic E-state index is 13.8. The van der Waals surface area contributed by atoms with Gasteiger partial charge < -0.3 is 4.74 Å². The van der Waals surface area contributed by atoms with Gasteiger partial charge in [0, 0.05) is 24.5 Å². The molecule has 1 aromatic carbocycles. The second kappa shape index (κ2) is 5.12. The van der Waals surface area contributed by atoms with Crippen LogP contribution >= 0.6 is 0 Å². The Morgan fingerprint density at radius 2 is 2.32 bits per heavy atom. The number of rotatable bonds is 3. The van der Waals surface area contributed by atoms with Crippen LogP contribution in [0, 0.1) is 5.82 Å². The summed E-state index contributed by atoms with van der Waals surface area (Å²) in [5, 5.41) is 0.637. The second-order valence-corrected chi connectivity index (χ2v) is 6.19. The lowest BCUT2D eigenvalue weighted by atomic mass is 9.95. The van der Waals surface area contributed by atoms with Gasteiger partial charge in [-0.15, -0.1) is 0 Å². The maximum absolute atomic E-state index is 13.8. The number of aromatic nitrogens is 2. The predicted octanol–water partition coefficient (Wildman–Crippen LogP) is 2.72. The molecule has 0 aliphatic carbocycles. The van der Waals surface area contributed by atoms with Crippen LogP contribution in [0.15, 0.2) is 24.4 Å². The van der Waals surface area contributed by atoms with Gasteiger partial charge in [0.15, 0.2) is 0 Å². The summed E-state index contributed by atoms with van der Waals surface area (Å²) in [5.41, 5.74) is 0.00975. The quantitative estimate of drug-likeness (QED) is 0.874. The highest BCUT2D eigenvalue weighted by Gasteiger charge is 2.49. The average molecular weight is 305 g/mol. The summed E-state index contributed by atoms with van der Waals surface area (Å²) in [5.74, 6) is -0.393. The molecular formula is C16H17F2N3O. The van der Waals surface area contributed by atoms with Gasteiger partial charge in [0.2, 0.25) is 0 Å². The number of benzene rings is 1. The van der Waals surface area contributed by atoms with Crippen molar-refractivity contribution in [3.63, 3.8) is 0 Å². The molecule has 2 fully saturated rings. The zero-order valence-electron chi connectivity index (χ0n) is 12.1. The zero-order valence-corrected chi connectivity index (χ0v) is 12.1. The number of para-hydroxylation sites is 1. The van der Waals surface area contributed by atoms with Gasteiger partial charge >= 0.3 is 6.01 Å². The lowest BCUT2D eigenvalue weighted by Gasteiger charge is -2.30. The van der Waals surface area contributed by atoms with Crippen LogP contribution in [-0.2, 0) is 0 Å². The molecule has 116 valence electrons. The standard InChI is InChI=1S/C16H17F2N3O/c17-12-7-16(5-2-6-21(16)9-12)10-22-15-19-8-11-3-1-4-13(18)14(11)20-15/h1,3-4,8,12H,2,5-7,9-10H2/t12-,16+/m1/s1.